The molecule has 1 aliphatic rings. The molecular weight excluding hydrogens is 280 g/mol. The highest BCUT2D eigenvalue weighted by molar-refractivity contribution is 6.30. The van der Waals surface area contributed by atoms with Gasteiger partial charge in [0.15, 0.2) is 0 Å². The molecule has 1 aliphatic heterocycles. The summed E-state index contributed by atoms with van der Waals surface area (Å²) in [5.41, 5.74) is 4.23. The van der Waals surface area contributed by atoms with Crippen LogP contribution >= 0.6 is 11.6 Å². The molecule has 0 amide bonds. The lowest BCUT2D eigenvalue weighted by Gasteiger charge is -2.28. The van der Waals surface area contributed by atoms with Gasteiger partial charge in [-0.1, -0.05) is 23.7 Å². The highest BCUT2D eigenvalue weighted by Gasteiger charge is 2.11. The predicted octanol–water partition coefficient (Wildman–Crippen LogP) is 1.05. The summed E-state index contributed by atoms with van der Waals surface area (Å²) in [6, 6.07) is 7.49. The molecule has 0 aliphatic carbocycles. The molecule has 1 heterocycles. The predicted molar refractivity (Wildman–Crippen MR) is 77.5 cm³/mol. The van der Waals surface area contributed by atoms with Gasteiger partial charge in [-0.15, -0.1) is 0 Å². The molecule has 0 saturated carbocycles. The maximum atomic E-state index is 9.84. The van der Waals surface area contributed by atoms with Gasteiger partial charge in [-0.25, -0.2) is 5.01 Å². The number of aliphatic hydroxyl groups is 1. The number of hydrogen-bond donors (Lipinski definition) is 2. The van der Waals surface area contributed by atoms with Crippen molar-refractivity contribution >= 4 is 11.6 Å². The van der Waals surface area contributed by atoms with Gasteiger partial charge in [0, 0.05) is 24.7 Å². The molecule has 1 aromatic rings. The van der Waals surface area contributed by atoms with Crippen LogP contribution in [0.1, 0.15) is 5.56 Å². The van der Waals surface area contributed by atoms with Crippen LogP contribution < -0.4 is 5.43 Å². The first-order chi connectivity index (χ1) is 9.74. The average molecular weight is 301 g/mol. The number of rotatable bonds is 7. The smallest absolute Gasteiger partial charge is 0.0911 e. The van der Waals surface area contributed by atoms with Crippen molar-refractivity contribution in [3.05, 3.63) is 34.9 Å². The van der Waals surface area contributed by atoms with E-state index in [-0.39, 0.29) is 0 Å². The Kier molecular flexibility index (Phi) is 6.72. The number of morpholine rings is 1. The highest BCUT2D eigenvalue weighted by atomic mass is 35.5. The molecule has 20 heavy (non-hydrogen) atoms. The van der Waals surface area contributed by atoms with Crippen molar-refractivity contribution in [2.75, 3.05) is 39.5 Å². The second-order valence-electron chi connectivity index (χ2n) is 4.76. The third-order valence-corrected chi connectivity index (χ3v) is 3.31. The third-order valence-electron chi connectivity index (χ3n) is 3.05. The first kappa shape index (κ1) is 15.7. The van der Waals surface area contributed by atoms with Crippen molar-refractivity contribution in [2.24, 2.45) is 0 Å². The van der Waals surface area contributed by atoms with Crippen molar-refractivity contribution in [3.8, 4) is 0 Å². The van der Waals surface area contributed by atoms with Gasteiger partial charge < -0.3 is 14.6 Å². The molecule has 2 N–H and O–H groups in total. The second kappa shape index (κ2) is 8.56. The van der Waals surface area contributed by atoms with E-state index in [1.54, 1.807) is 0 Å². The summed E-state index contributed by atoms with van der Waals surface area (Å²) in [6.07, 6.45) is -0.523. The topological polar surface area (TPSA) is 54.0 Å². The zero-order valence-corrected chi connectivity index (χ0v) is 12.2. The van der Waals surface area contributed by atoms with Crippen LogP contribution in [0.4, 0.5) is 0 Å². The zero-order valence-electron chi connectivity index (χ0n) is 11.4. The van der Waals surface area contributed by atoms with E-state index in [0.29, 0.717) is 24.8 Å². The lowest BCUT2D eigenvalue weighted by molar-refractivity contribution is -0.0130. The number of hydrogen-bond acceptors (Lipinski definition) is 5. The molecule has 0 aromatic heterocycles. The Morgan fingerprint density at radius 3 is 2.70 bits per heavy atom. The molecule has 5 nitrogen and oxygen atoms in total. The van der Waals surface area contributed by atoms with E-state index in [1.165, 1.54) is 0 Å². The molecule has 1 fully saturated rings. The fourth-order valence-electron chi connectivity index (χ4n) is 1.91. The number of nitrogens with one attached hydrogen (secondary N) is 1. The van der Waals surface area contributed by atoms with Crippen LogP contribution in [-0.4, -0.2) is 55.7 Å². The summed E-state index contributed by atoms with van der Waals surface area (Å²) in [5, 5.41) is 12.6. The van der Waals surface area contributed by atoms with Gasteiger partial charge in [0.25, 0.3) is 0 Å². The van der Waals surface area contributed by atoms with Crippen LogP contribution in [0.25, 0.3) is 0 Å². The zero-order chi connectivity index (χ0) is 14.2. The van der Waals surface area contributed by atoms with Crippen LogP contribution in [-0.2, 0) is 16.1 Å². The molecule has 0 radical (unpaired) electrons. The van der Waals surface area contributed by atoms with Gasteiger partial charge >= 0.3 is 0 Å². The Hall–Kier alpha value is -0.690. The van der Waals surface area contributed by atoms with E-state index in [4.69, 9.17) is 21.1 Å². The third kappa shape index (κ3) is 5.75. The van der Waals surface area contributed by atoms with Crippen molar-refractivity contribution in [3.63, 3.8) is 0 Å². The highest BCUT2D eigenvalue weighted by Crippen LogP contribution is 2.10. The summed E-state index contributed by atoms with van der Waals surface area (Å²) in [4.78, 5) is 0. The molecule has 1 saturated heterocycles. The van der Waals surface area contributed by atoms with E-state index in [0.717, 1.165) is 31.9 Å². The molecule has 2 rings (SSSR count). The van der Waals surface area contributed by atoms with E-state index in [9.17, 15) is 5.11 Å². The van der Waals surface area contributed by atoms with Crippen LogP contribution in [0.2, 0.25) is 5.02 Å². The number of ether oxygens (including phenoxy) is 2. The normalized spacial score (nSPS) is 18.1. The molecular formula is C14H21ClN2O3. The Morgan fingerprint density at radius 2 is 2.00 bits per heavy atom. The first-order valence-corrected chi connectivity index (χ1v) is 7.18. The molecule has 1 unspecified atom stereocenters. The number of benzene rings is 1. The summed E-state index contributed by atoms with van der Waals surface area (Å²) in [5.74, 6) is 0. The van der Waals surface area contributed by atoms with Crippen molar-refractivity contribution in [2.45, 2.75) is 12.7 Å². The summed E-state index contributed by atoms with van der Waals surface area (Å²) >= 11 is 5.81. The molecule has 6 heteroatoms. The van der Waals surface area contributed by atoms with Crippen LogP contribution in [0, 0.1) is 0 Å². The van der Waals surface area contributed by atoms with Crippen molar-refractivity contribution in [1.82, 2.24) is 10.4 Å². The van der Waals surface area contributed by atoms with Gasteiger partial charge in [0.1, 0.15) is 0 Å². The van der Waals surface area contributed by atoms with Crippen LogP contribution in [0.5, 0.6) is 0 Å². The maximum absolute atomic E-state index is 9.84. The van der Waals surface area contributed by atoms with Crippen molar-refractivity contribution in [1.29, 1.82) is 0 Å². The van der Waals surface area contributed by atoms with E-state index < -0.39 is 6.10 Å². The molecule has 0 spiro atoms. The van der Waals surface area contributed by atoms with Gasteiger partial charge in [-0.3, -0.25) is 5.43 Å². The van der Waals surface area contributed by atoms with E-state index in [2.05, 4.69) is 10.4 Å². The largest absolute Gasteiger partial charge is 0.389 e. The summed E-state index contributed by atoms with van der Waals surface area (Å²) < 4.78 is 10.7. The van der Waals surface area contributed by atoms with Crippen LogP contribution in [0.15, 0.2) is 24.3 Å². The van der Waals surface area contributed by atoms with Gasteiger partial charge in [-0.2, -0.15) is 0 Å². The minimum atomic E-state index is -0.523. The molecule has 0 bridgehead atoms. The Balaban J connectivity index is 1.57. The standard InChI is InChI=1S/C14H21ClN2O3/c15-13-3-1-12(2-4-13)10-20-11-14(18)9-16-17-5-7-19-8-6-17/h1-4,14,16,18H,5-11H2. The summed E-state index contributed by atoms with van der Waals surface area (Å²) in [7, 11) is 0. The Bertz CT molecular complexity index is 383. The molecule has 1 atom stereocenters. The minimum Gasteiger partial charge on any atom is -0.389 e. The molecule has 1 aromatic carbocycles. The van der Waals surface area contributed by atoms with Crippen molar-refractivity contribution < 1.29 is 14.6 Å². The fraction of sp³-hybridized carbons (Fsp3) is 0.571. The number of hydrazine groups is 1. The van der Waals surface area contributed by atoms with Gasteiger partial charge in [0.2, 0.25) is 0 Å². The number of halogens is 1. The van der Waals surface area contributed by atoms with Crippen LogP contribution in [0.3, 0.4) is 0 Å². The SMILES string of the molecule is OC(CNN1CCOCC1)COCc1ccc(Cl)cc1. The summed E-state index contributed by atoms with van der Waals surface area (Å²) in [6.45, 7) is 4.43. The first-order valence-electron chi connectivity index (χ1n) is 6.80. The lowest BCUT2D eigenvalue weighted by Crippen LogP contribution is -2.48. The lowest BCUT2D eigenvalue weighted by atomic mass is 10.2. The quantitative estimate of drug-likeness (QED) is 0.788. The second-order valence-corrected chi connectivity index (χ2v) is 5.19. The number of aliphatic hydroxyl groups excluding tert-OH is 1. The van der Waals surface area contributed by atoms with E-state index >= 15 is 0 Å². The van der Waals surface area contributed by atoms with E-state index in [1.807, 2.05) is 24.3 Å². The Labute approximate surface area is 124 Å². The Morgan fingerprint density at radius 1 is 1.30 bits per heavy atom. The van der Waals surface area contributed by atoms with Gasteiger partial charge in [0.05, 0.1) is 32.5 Å². The van der Waals surface area contributed by atoms with Gasteiger partial charge in [-0.05, 0) is 17.7 Å². The minimum absolute atomic E-state index is 0.306. The maximum Gasteiger partial charge on any atom is 0.0911 e. The molecule has 112 valence electrons. The number of nitrogens with zero attached hydrogens (tertiary/aromatic N) is 1. The average Bonchev–Trinajstić information content (AvgIpc) is 2.48. The fourth-order valence-corrected chi connectivity index (χ4v) is 2.03. The monoisotopic (exact) mass is 300 g/mol.